The zero-order chi connectivity index (χ0) is 13.2. The van der Waals surface area contributed by atoms with Gasteiger partial charge in [0.25, 0.3) is 0 Å². The third kappa shape index (κ3) is 2.53. The first kappa shape index (κ1) is 13.0. The Bertz CT molecular complexity index is 511. The molecule has 1 heterocycles. The van der Waals surface area contributed by atoms with Gasteiger partial charge in [0.1, 0.15) is 0 Å². The summed E-state index contributed by atoms with van der Waals surface area (Å²) in [4.78, 5) is 4.48. The van der Waals surface area contributed by atoms with Crippen LogP contribution in [0.3, 0.4) is 0 Å². The summed E-state index contributed by atoms with van der Waals surface area (Å²) in [5.74, 6) is 5.37. The summed E-state index contributed by atoms with van der Waals surface area (Å²) in [7, 11) is 0. The predicted octanol–water partition coefficient (Wildman–Crippen LogP) is 2.71. The highest BCUT2D eigenvalue weighted by Crippen LogP contribution is 2.36. The third-order valence-electron chi connectivity index (χ3n) is 2.48. The fourth-order valence-corrected chi connectivity index (χ4v) is 2.40. The molecule has 1 unspecified atom stereocenters. The molecule has 0 aliphatic rings. The van der Waals surface area contributed by atoms with E-state index in [4.69, 9.17) is 5.84 Å². The molecule has 0 fully saturated rings. The molecular formula is C11H10F3N3S. The van der Waals surface area contributed by atoms with Crippen molar-refractivity contribution in [3.63, 3.8) is 0 Å². The predicted molar refractivity (Wildman–Crippen MR) is 62.7 cm³/mol. The molecule has 2 rings (SSSR count). The molecule has 1 atom stereocenters. The van der Waals surface area contributed by atoms with Gasteiger partial charge < -0.3 is 0 Å². The van der Waals surface area contributed by atoms with Crippen LogP contribution in [0, 0.1) is 0 Å². The van der Waals surface area contributed by atoms with E-state index < -0.39 is 17.8 Å². The molecule has 18 heavy (non-hydrogen) atoms. The van der Waals surface area contributed by atoms with Crippen LogP contribution in [0.2, 0.25) is 0 Å². The average Bonchev–Trinajstić information content (AvgIpc) is 2.83. The first-order valence-electron chi connectivity index (χ1n) is 5.04. The van der Waals surface area contributed by atoms with Crippen LogP contribution in [0.5, 0.6) is 0 Å². The molecule has 0 radical (unpaired) electrons. The van der Waals surface area contributed by atoms with Crippen molar-refractivity contribution in [3.05, 3.63) is 52.0 Å². The van der Waals surface area contributed by atoms with Crippen LogP contribution in [0.4, 0.5) is 13.2 Å². The van der Waals surface area contributed by atoms with Gasteiger partial charge in [-0.1, -0.05) is 18.2 Å². The number of hydrogen-bond donors (Lipinski definition) is 2. The molecule has 96 valence electrons. The number of nitrogens with two attached hydrogens (primary N) is 1. The third-order valence-corrected chi connectivity index (χ3v) is 3.32. The smallest absolute Gasteiger partial charge is 0.271 e. The summed E-state index contributed by atoms with van der Waals surface area (Å²) in [5.41, 5.74) is 3.36. The van der Waals surface area contributed by atoms with Crippen molar-refractivity contribution in [2.75, 3.05) is 0 Å². The van der Waals surface area contributed by atoms with Gasteiger partial charge >= 0.3 is 6.18 Å². The largest absolute Gasteiger partial charge is 0.416 e. The molecule has 2 aromatic rings. The Morgan fingerprint density at radius 3 is 2.56 bits per heavy atom. The van der Waals surface area contributed by atoms with Crippen LogP contribution in [-0.4, -0.2) is 4.98 Å². The highest BCUT2D eigenvalue weighted by molar-refractivity contribution is 7.09. The lowest BCUT2D eigenvalue weighted by atomic mass is 9.99. The topological polar surface area (TPSA) is 50.9 Å². The van der Waals surface area contributed by atoms with Crippen molar-refractivity contribution in [1.29, 1.82) is 0 Å². The van der Waals surface area contributed by atoms with E-state index in [0.717, 1.165) is 6.07 Å². The van der Waals surface area contributed by atoms with Gasteiger partial charge in [0.2, 0.25) is 0 Å². The van der Waals surface area contributed by atoms with Gasteiger partial charge in [-0.05, 0) is 11.6 Å². The van der Waals surface area contributed by atoms with Crippen LogP contribution >= 0.6 is 11.3 Å². The second-order valence-corrected chi connectivity index (χ2v) is 4.51. The van der Waals surface area contributed by atoms with Gasteiger partial charge in [0, 0.05) is 11.1 Å². The minimum absolute atomic E-state index is 0.0942. The van der Waals surface area contributed by atoms with Crippen molar-refractivity contribution in [3.8, 4) is 0 Å². The van der Waals surface area contributed by atoms with Crippen molar-refractivity contribution in [2.45, 2.75) is 12.2 Å². The summed E-state index contributed by atoms with van der Waals surface area (Å²) in [5, 5.41) is 0. The van der Waals surface area contributed by atoms with E-state index in [1.807, 2.05) is 0 Å². The van der Waals surface area contributed by atoms with E-state index in [9.17, 15) is 13.2 Å². The second-order valence-electron chi connectivity index (χ2n) is 3.59. The highest BCUT2D eigenvalue weighted by atomic mass is 32.1. The van der Waals surface area contributed by atoms with Crippen molar-refractivity contribution >= 4 is 11.3 Å². The minimum atomic E-state index is -4.41. The number of alkyl halides is 3. The van der Waals surface area contributed by atoms with Crippen LogP contribution in [0.1, 0.15) is 22.0 Å². The molecule has 7 heteroatoms. The Kier molecular flexibility index (Phi) is 3.65. The van der Waals surface area contributed by atoms with Crippen LogP contribution in [-0.2, 0) is 6.18 Å². The standard InChI is InChI=1S/C11H10F3N3S/c12-11(13,14)8-4-2-1-3-7(8)10(17-15)9-5-16-6-18-9/h1-6,10,17H,15H2. The first-order chi connectivity index (χ1) is 8.54. The fraction of sp³-hybridized carbons (Fsp3) is 0.182. The van der Waals surface area contributed by atoms with Gasteiger partial charge in [-0.2, -0.15) is 13.2 Å². The number of rotatable bonds is 3. The first-order valence-corrected chi connectivity index (χ1v) is 5.92. The van der Waals surface area contributed by atoms with Gasteiger partial charge in [-0.25, -0.2) is 5.43 Å². The number of nitrogens with zero attached hydrogens (tertiary/aromatic N) is 1. The zero-order valence-electron chi connectivity index (χ0n) is 9.11. The summed E-state index contributed by atoms with van der Waals surface area (Å²) >= 11 is 1.25. The lowest BCUT2D eigenvalue weighted by molar-refractivity contribution is -0.138. The normalized spacial score (nSPS) is 13.6. The van der Waals surface area contributed by atoms with Crippen molar-refractivity contribution in [2.24, 2.45) is 5.84 Å². The lowest BCUT2D eigenvalue weighted by Gasteiger charge is -2.19. The van der Waals surface area contributed by atoms with Crippen LogP contribution < -0.4 is 11.3 Å². The SMILES string of the molecule is NNC(c1cncs1)c1ccccc1C(F)(F)F. The minimum Gasteiger partial charge on any atom is -0.271 e. The van der Waals surface area contributed by atoms with Crippen molar-refractivity contribution in [1.82, 2.24) is 10.4 Å². The highest BCUT2D eigenvalue weighted by Gasteiger charge is 2.35. The Balaban J connectivity index is 2.50. The van der Waals surface area contributed by atoms with E-state index in [1.165, 1.54) is 29.7 Å². The van der Waals surface area contributed by atoms with Gasteiger partial charge in [-0.15, -0.1) is 11.3 Å². The summed E-state index contributed by atoms with van der Waals surface area (Å²) in [6.45, 7) is 0. The van der Waals surface area contributed by atoms with Crippen LogP contribution in [0.25, 0.3) is 0 Å². The average molecular weight is 273 g/mol. The summed E-state index contributed by atoms with van der Waals surface area (Å²) < 4.78 is 38.7. The molecule has 0 saturated heterocycles. The Hall–Kier alpha value is -1.44. The number of aromatic nitrogens is 1. The van der Waals surface area contributed by atoms with Gasteiger partial charge in [-0.3, -0.25) is 10.8 Å². The summed E-state index contributed by atoms with van der Waals surface area (Å²) in [6, 6.07) is 4.64. The van der Waals surface area contributed by atoms with E-state index >= 15 is 0 Å². The quantitative estimate of drug-likeness (QED) is 0.668. The molecule has 0 bridgehead atoms. The Morgan fingerprint density at radius 1 is 1.28 bits per heavy atom. The maximum atomic E-state index is 12.9. The maximum Gasteiger partial charge on any atom is 0.416 e. The number of benzene rings is 1. The van der Waals surface area contributed by atoms with E-state index in [2.05, 4.69) is 10.4 Å². The second kappa shape index (κ2) is 5.05. The lowest BCUT2D eigenvalue weighted by Crippen LogP contribution is -2.30. The maximum absolute atomic E-state index is 12.9. The molecule has 1 aromatic carbocycles. The van der Waals surface area contributed by atoms with Gasteiger partial charge in [0.05, 0.1) is 17.1 Å². The molecule has 0 spiro atoms. The summed E-state index contributed by atoms with van der Waals surface area (Å²) in [6.07, 6.45) is -2.90. The monoisotopic (exact) mass is 273 g/mol. The molecule has 0 amide bonds. The molecule has 0 aliphatic heterocycles. The van der Waals surface area contributed by atoms with Gasteiger partial charge in [0.15, 0.2) is 0 Å². The molecule has 0 aliphatic carbocycles. The molecule has 3 N–H and O–H groups in total. The number of hydrazine groups is 1. The van der Waals surface area contributed by atoms with E-state index in [1.54, 1.807) is 11.6 Å². The number of halogens is 3. The number of thiazole rings is 1. The Labute approximate surface area is 105 Å². The van der Waals surface area contributed by atoms with E-state index in [0.29, 0.717) is 4.88 Å². The molecule has 1 aromatic heterocycles. The van der Waals surface area contributed by atoms with Crippen LogP contribution in [0.15, 0.2) is 36.0 Å². The van der Waals surface area contributed by atoms with Crippen molar-refractivity contribution < 1.29 is 13.2 Å². The number of hydrogen-bond acceptors (Lipinski definition) is 4. The molecule has 0 saturated carbocycles. The Morgan fingerprint density at radius 2 is 2.00 bits per heavy atom. The fourth-order valence-electron chi connectivity index (χ4n) is 1.70. The number of nitrogens with one attached hydrogen (secondary N) is 1. The molecule has 3 nitrogen and oxygen atoms in total. The zero-order valence-corrected chi connectivity index (χ0v) is 9.92. The van der Waals surface area contributed by atoms with E-state index in [-0.39, 0.29) is 5.56 Å². The molecular weight excluding hydrogens is 263 g/mol.